The van der Waals surface area contributed by atoms with Crippen molar-refractivity contribution >= 4 is 11.8 Å². The highest BCUT2D eigenvalue weighted by Gasteiger charge is 2.16. The monoisotopic (exact) mass is 382 g/mol. The Hall–Kier alpha value is -2.82. The van der Waals surface area contributed by atoms with Crippen LogP contribution in [0.1, 0.15) is 44.2 Å². The highest BCUT2D eigenvalue weighted by atomic mass is 16.5. The van der Waals surface area contributed by atoms with Crippen molar-refractivity contribution in [2.45, 2.75) is 45.6 Å². The summed E-state index contributed by atoms with van der Waals surface area (Å²) in [7, 11) is 0. The molecule has 5 nitrogen and oxygen atoms in total. The maximum absolute atomic E-state index is 12.2. The van der Waals surface area contributed by atoms with Gasteiger partial charge < -0.3 is 15.4 Å². The zero-order valence-electron chi connectivity index (χ0n) is 16.9. The summed E-state index contributed by atoms with van der Waals surface area (Å²) in [6, 6.07) is 17.7. The second-order valence-corrected chi connectivity index (χ2v) is 7.08. The number of para-hydroxylation sites is 1. The van der Waals surface area contributed by atoms with Crippen molar-refractivity contribution in [1.82, 2.24) is 10.6 Å². The molecule has 1 unspecified atom stereocenters. The minimum Gasteiger partial charge on any atom is -0.481 e. The lowest BCUT2D eigenvalue weighted by molar-refractivity contribution is -0.127. The lowest BCUT2D eigenvalue weighted by atomic mass is 10.0. The lowest BCUT2D eigenvalue weighted by Gasteiger charge is -2.18. The van der Waals surface area contributed by atoms with Crippen molar-refractivity contribution in [1.29, 1.82) is 0 Å². The van der Waals surface area contributed by atoms with Gasteiger partial charge in [-0.05, 0) is 36.5 Å². The molecule has 0 bridgehead atoms. The van der Waals surface area contributed by atoms with Gasteiger partial charge in [0.25, 0.3) is 5.91 Å². The van der Waals surface area contributed by atoms with Crippen molar-refractivity contribution in [2.24, 2.45) is 0 Å². The van der Waals surface area contributed by atoms with Gasteiger partial charge in [-0.15, -0.1) is 0 Å². The van der Waals surface area contributed by atoms with E-state index in [1.807, 2.05) is 54.6 Å². The summed E-state index contributed by atoms with van der Waals surface area (Å²) in [4.78, 5) is 24.1. The Kier molecular flexibility index (Phi) is 8.53. The number of amides is 2. The number of aryl methyl sites for hydroxylation is 1. The van der Waals surface area contributed by atoms with E-state index in [1.54, 1.807) is 6.92 Å². The van der Waals surface area contributed by atoms with Crippen LogP contribution in [0.5, 0.6) is 5.75 Å². The van der Waals surface area contributed by atoms with Crippen LogP contribution in [0, 0.1) is 0 Å². The van der Waals surface area contributed by atoms with Gasteiger partial charge in [0.2, 0.25) is 5.91 Å². The molecule has 0 aliphatic rings. The summed E-state index contributed by atoms with van der Waals surface area (Å²) in [5, 5.41) is 5.63. The van der Waals surface area contributed by atoms with Gasteiger partial charge in [0.15, 0.2) is 6.10 Å². The Morgan fingerprint density at radius 1 is 0.893 bits per heavy atom. The molecule has 5 heteroatoms. The molecule has 0 aliphatic heterocycles. The fourth-order valence-electron chi connectivity index (χ4n) is 2.83. The average Bonchev–Trinajstić information content (AvgIpc) is 2.70. The Labute approximate surface area is 167 Å². The maximum Gasteiger partial charge on any atom is 0.260 e. The number of carbonyl (C=O) groups is 2. The van der Waals surface area contributed by atoms with Gasteiger partial charge >= 0.3 is 0 Å². The van der Waals surface area contributed by atoms with Crippen LogP contribution in [-0.4, -0.2) is 31.0 Å². The number of nitrogens with one attached hydrogen (secondary N) is 2. The molecule has 0 saturated heterocycles. The molecule has 0 radical (unpaired) electrons. The topological polar surface area (TPSA) is 67.4 Å². The van der Waals surface area contributed by atoms with E-state index in [0.717, 1.165) is 16.9 Å². The number of ether oxygens (including phenoxy) is 1. The Morgan fingerprint density at radius 2 is 1.54 bits per heavy atom. The van der Waals surface area contributed by atoms with Crippen LogP contribution in [0.4, 0.5) is 0 Å². The number of rotatable bonds is 10. The Morgan fingerprint density at radius 3 is 2.25 bits per heavy atom. The number of hydrogen-bond donors (Lipinski definition) is 2. The third-order valence-corrected chi connectivity index (χ3v) is 4.44. The first-order chi connectivity index (χ1) is 13.5. The molecule has 2 amide bonds. The molecule has 1 atom stereocenters. The molecule has 28 heavy (non-hydrogen) atoms. The van der Waals surface area contributed by atoms with Crippen molar-refractivity contribution in [3.05, 3.63) is 65.7 Å². The first kappa shape index (κ1) is 21.5. The highest BCUT2D eigenvalue weighted by Crippen LogP contribution is 2.26. The van der Waals surface area contributed by atoms with E-state index >= 15 is 0 Å². The second kappa shape index (κ2) is 11.1. The molecule has 0 spiro atoms. The minimum absolute atomic E-state index is 0.0201. The molecular formula is C23H30N2O3. The van der Waals surface area contributed by atoms with E-state index < -0.39 is 6.10 Å². The van der Waals surface area contributed by atoms with Crippen LogP contribution in [0.15, 0.2) is 54.6 Å². The quantitative estimate of drug-likeness (QED) is 0.619. The minimum atomic E-state index is -0.603. The van der Waals surface area contributed by atoms with Crippen molar-refractivity contribution in [3.8, 4) is 5.75 Å². The van der Waals surface area contributed by atoms with Crippen LogP contribution in [0.3, 0.4) is 0 Å². The van der Waals surface area contributed by atoms with Gasteiger partial charge in [-0.2, -0.15) is 0 Å². The largest absolute Gasteiger partial charge is 0.481 e. The molecule has 0 fully saturated rings. The Bertz CT molecular complexity index is 759. The van der Waals surface area contributed by atoms with E-state index in [1.165, 1.54) is 0 Å². The van der Waals surface area contributed by atoms with Gasteiger partial charge in [0.05, 0.1) is 0 Å². The molecule has 2 aromatic rings. The van der Waals surface area contributed by atoms with E-state index in [4.69, 9.17) is 4.74 Å². The third kappa shape index (κ3) is 7.06. The standard InChI is InChI=1S/C23H30N2O3/c1-17(2)20-11-7-8-12-21(20)28-18(3)23(27)25-16-15-24-22(26)14-13-19-9-5-4-6-10-19/h4-12,17-18H,13-16H2,1-3H3,(H,24,26)(H,25,27). The summed E-state index contributed by atoms with van der Waals surface area (Å²) in [6.45, 7) is 6.68. The predicted molar refractivity (Wildman–Crippen MR) is 111 cm³/mol. The normalized spacial score (nSPS) is 11.7. The second-order valence-electron chi connectivity index (χ2n) is 7.08. The summed E-state index contributed by atoms with van der Waals surface area (Å²) < 4.78 is 5.83. The van der Waals surface area contributed by atoms with Crippen molar-refractivity contribution < 1.29 is 14.3 Å². The molecular weight excluding hydrogens is 352 g/mol. The molecule has 0 heterocycles. The summed E-state index contributed by atoms with van der Waals surface area (Å²) in [6.07, 6.45) is 0.538. The predicted octanol–water partition coefficient (Wildman–Crippen LogP) is 3.44. The molecule has 150 valence electrons. The van der Waals surface area contributed by atoms with Gasteiger partial charge in [0, 0.05) is 19.5 Å². The number of benzene rings is 2. The van der Waals surface area contributed by atoms with Gasteiger partial charge in [-0.3, -0.25) is 9.59 Å². The van der Waals surface area contributed by atoms with Crippen LogP contribution in [0.25, 0.3) is 0 Å². The molecule has 0 aliphatic carbocycles. The maximum atomic E-state index is 12.2. The van der Waals surface area contributed by atoms with Gasteiger partial charge in [-0.25, -0.2) is 0 Å². The van der Waals surface area contributed by atoms with E-state index in [2.05, 4.69) is 24.5 Å². The Balaban J connectivity index is 1.67. The number of hydrogen-bond acceptors (Lipinski definition) is 3. The van der Waals surface area contributed by atoms with E-state index in [0.29, 0.717) is 31.8 Å². The number of carbonyl (C=O) groups excluding carboxylic acids is 2. The van der Waals surface area contributed by atoms with E-state index in [9.17, 15) is 9.59 Å². The summed E-state index contributed by atoms with van der Waals surface area (Å²) in [5.41, 5.74) is 2.21. The third-order valence-electron chi connectivity index (χ3n) is 4.44. The fourth-order valence-corrected chi connectivity index (χ4v) is 2.83. The lowest BCUT2D eigenvalue weighted by Crippen LogP contribution is -2.40. The summed E-state index contributed by atoms with van der Waals surface area (Å²) >= 11 is 0. The van der Waals surface area contributed by atoms with Gasteiger partial charge in [0.1, 0.15) is 5.75 Å². The van der Waals surface area contributed by atoms with Crippen molar-refractivity contribution in [2.75, 3.05) is 13.1 Å². The summed E-state index contributed by atoms with van der Waals surface area (Å²) in [5.74, 6) is 0.831. The molecule has 0 saturated carbocycles. The van der Waals surface area contributed by atoms with Crippen LogP contribution in [-0.2, 0) is 16.0 Å². The first-order valence-electron chi connectivity index (χ1n) is 9.81. The van der Waals surface area contributed by atoms with Gasteiger partial charge in [-0.1, -0.05) is 62.4 Å². The molecule has 0 aromatic heterocycles. The zero-order chi connectivity index (χ0) is 20.4. The van der Waals surface area contributed by atoms with Crippen LogP contribution >= 0.6 is 0 Å². The van der Waals surface area contributed by atoms with Crippen molar-refractivity contribution in [3.63, 3.8) is 0 Å². The average molecular weight is 383 g/mol. The molecule has 2 aromatic carbocycles. The fraction of sp³-hybridized carbons (Fsp3) is 0.391. The SMILES string of the molecule is CC(Oc1ccccc1C(C)C)C(=O)NCCNC(=O)CCc1ccccc1. The van der Waals surface area contributed by atoms with Crippen LogP contribution < -0.4 is 15.4 Å². The van der Waals surface area contributed by atoms with E-state index in [-0.39, 0.29) is 11.8 Å². The smallest absolute Gasteiger partial charge is 0.260 e. The molecule has 2 N–H and O–H groups in total. The highest BCUT2D eigenvalue weighted by molar-refractivity contribution is 5.81. The first-order valence-corrected chi connectivity index (χ1v) is 9.81. The molecule has 2 rings (SSSR count). The zero-order valence-corrected chi connectivity index (χ0v) is 16.9. The van der Waals surface area contributed by atoms with Crippen LogP contribution in [0.2, 0.25) is 0 Å².